The zero-order valence-electron chi connectivity index (χ0n) is 15.6. The van der Waals surface area contributed by atoms with Crippen molar-refractivity contribution in [3.63, 3.8) is 0 Å². The summed E-state index contributed by atoms with van der Waals surface area (Å²) < 4.78 is 5.31. The molecule has 0 bridgehead atoms. The van der Waals surface area contributed by atoms with Gasteiger partial charge < -0.3 is 15.2 Å². The molecule has 0 saturated carbocycles. The third-order valence-electron chi connectivity index (χ3n) is 3.95. The maximum atomic E-state index is 12.6. The molecular formula is C20H16Cl2N2O5S. The number of phenols is 1. The first kappa shape index (κ1) is 22.0. The van der Waals surface area contributed by atoms with Gasteiger partial charge in [-0.1, -0.05) is 23.2 Å². The summed E-state index contributed by atoms with van der Waals surface area (Å²) in [6, 6.07) is 9.39. The van der Waals surface area contributed by atoms with Gasteiger partial charge in [0.2, 0.25) is 5.91 Å². The number of nitrogens with zero attached hydrogens (tertiary/aromatic N) is 1. The number of anilines is 1. The van der Waals surface area contributed by atoms with Crippen LogP contribution in [-0.4, -0.2) is 40.2 Å². The number of rotatable bonds is 6. The van der Waals surface area contributed by atoms with Gasteiger partial charge in [0, 0.05) is 10.7 Å². The smallest absolute Gasteiger partial charge is 0.294 e. The van der Waals surface area contributed by atoms with Gasteiger partial charge in [-0.05, 0) is 66.7 Å². The van der Waals surface area contributed by atoms with Crippen LogP contribution in [0.1, 0.15) is 12.5 Å². The zero-order chi connectivity index (χ0) is 21.8. The third kappa shape index (κ3) is 5.08. The van der Waals surface area contributed by atoms with Gasteiger partial charge in [0.25, 0.3) is 11.1 Å². The highest BCUT2D eigenvalue weighted by molar-refractivity contribution is 8.18. The number of nitrogens with one attached hydrogen (secondary N) is 1. The van der Waals surface area contributed by atoms with Gasteiger partial charge in [-0.15, -0.1) is 0 Å². The van der Waals surface area contributed by atoms with Crippen molar-refractivity contribution in [2.75, 3.05) is 18.5 Å². The minimum Gasteiger partial charge on any atom is -0.503 e. The molecule has 0 radical (unpaired) electrons. The van der Waals surface area contributed by atoms with E-state index in [1.807, 2.05) is 0 Å². The average molecular weight is 467 g/mol. The number of hydrogen-bond donors (Lipinski definition) is 2. The van der Waals surface area contributed by atoms with E-state index in [-0.39, 0.29) is 21.4 Å². The Labute approximate surface area is 186 Å². The molecule has 1 saturated heterocycles. The quantitative estimate of drug-likeness (QED) is 0.595. The molecule has 0 spiro atoms. The van der Waals surface area contributed by atoms with Crippen LogP contribution in [0, 0.1) is 0 Å². The summed E-state index contributed by atoms with van der Waals surface area (Å²) in [6.07, 6.45) is 1.45. The molecule has 156 valence electrons. The number of benzene rings is 2. The standard InChI is InChI=1S/C20H16Cl2N2O5S/c1-2-29-15-8-11(7-14(22)18(15)26)9-16-19(27)24(20(28)30-16)10-17(25)23-13-5-3-12(21)4-6-13/h3-9,26H,2,10H2,1H3,(H,23,25)/b16-9-. The van der Waals surface area contributed by atoms with Crippen molar-refractivity contribution in [3.8, 4) is 11.5 Å². The van der Waals surface area contributed by atoms with E-state index in [4.69, 9.17) is 27.9 Å². The van der Waals surface area contributed by atoms with Gasteiger partial charge in [0.1, 0.15) is 6.54 Å². The highest BCUT2D eigenvalue weighted by Gasteiger charge is 2.36. The lowest BCUT2D eigenvalue weighted by Crippen LogP contribution is -2.36. The van der Waals surface area contributed by atoms with Crippen molar-refractivity contribution in [1.29, 1.82) is 0 Å². The molecule has 0 aromatic heterocycles. The van der Waals surface area contributed by atoms with E-state index < -0.39 is 23.6 Å². The normalized spacial score (nSPS) is 15.0. The molecular weight excluding hydrogens is 451 g/mol. The fourth-order valence-electron chi connectivity index (χ4n) is 2.61. The lowest BCUT2D eigenvalue weighted by molar-refractivity contribution is -0.127. The van der Waals surface area contributed by atoms with Crippen LogP contribution in [-0.2, 0) is 9.59 Å². The second kappa shape index (κ2) is 9.42. The summed E-state index contributed by atoms with van der Waals surface area (Å²) in [4.78, 5) is 38.1. The van der Waals surface area contributed by atoms with E-state index in [0.29, 0.717) is 34.6 Å². The summed E-state index contributed by atoms with van der Waals surface area (Å²) in [7, 11) is 0. The number of amides is 3. The van der Waals surface area contributed by atoms with Crippen LogP contribution in [0.2, 0.25) is 10.0 Å². The summed E-state index contributed by atoms with van der Waals surface area (Å²) in [5.74, 6) is -1.16. The number of carbonyl (C=O) groups excluding carboxylic acids is 3. The topological polar surface area (TPSA) is 95.9 Å². The van der Waals surface area contributed by atoms with Crippen molar-refractivity contribution < 1.29 is 24.2 Å². The zero-order valence-corrected chi connectivity index (χ0v) is 18.0. The van der Waals surface area contributed by atoms with Crippen LogP contribution in [0.4, 0.5) is 10.5 Å². The molecule has 2 aromatic carbocycles. The summed E-state index contributed by atoms with van der Waals surface area (Å²) in [6.45, 7) is 1.64. The Balaban J connectivity index is 1.74. The van der Waals surface area contributed by atoms with Crippen LogP contribution >= 0.6 is 35.0 Å². The fraction of sp³-hybridized carbons (Fsp3) is 0.150. The molecule has 1 aliphatic heterocycles. The highest BCUT2D eigenvalue weighted by Crippen LogP contribution is 2.38. The number of aromatic hydroxyl groups is 1. The minimum absolute atomic E-state index is 0.0498. The number of hydrogen-bond acceptors (Lipinski definition) is 6. The molecule has 0 unspecified atom stereocenters. The molecule has 10 heteroatoms. The van der Waals surface area contributed by atoms with Crippen LogP contribution in [0.15, 0.2) is 41.3 Å². The molecule has 0 aliphatic carbocycles. The number of ether oxygens (including phenoxy) is 1. The van der Waals surface area contributed by atoms with Crippen molar-refractivity contribution in [3.05, 3.63) is 56.9 Å². The Morgan fingerprint density at radius 3 is 2.60 bits per heavy atom. The number of imide groups is 1. The first-order valence-corrected chi connectivity index (χ1v) is 10.3. The first-order chi connectivity index (χ1) is 14.3. The van der Waals surface area contributed by atoms with Gasteiger partial charge in [0.15, 0.2) is 11.5 Å². The second-order valence-corrected chi connectivity index (χ2v) is 7.94. The van der Waals surface area contributed by atoms with E-state index in [2.05, 4.69) is 5.32 Å². The molecule has 1 aliphatic rings. The van der Waals surface area contributed by atoms with Crippen molar-refractivity contribution in [2.24, 2.45) is 0 Å². The molecule has 3 rings (SSSR count). The van der Waals surface area contributed by atoms with Gasteiger partial charge in [-0.25, -0.2) is 0 Å². The van der Waals surface area contributed by atoms with Crippen molar-refractivity contribution in [1.82, 2.24) is 4.90 Å². The summed E-state index contributed by atoms with van der Waals surface area (Å²) in [5.41, 5.74) is 0.964. The molecule has 2 N–H and O–H groups in total. The second-order valence-electron chi connectivity index (χ2n) is 6.11. The molecule has 0 atom stereocenters. The number of thioether (sulfide) groups is 1. The average Bonchev–Trinajstić information content (AvgIpc) is 2.95. The Bertz CT molecular complexity index is 1040. The van der Waals surface area contributed by atoms with Gasteiger partial charge in [-0.3, -0.25) is 19.3 Å². The van der Waals surface area contributed by atoms with Crippen molar-refractivity contribution >= 4 is 63.8 Å². The highest BCUT2D eigenvalue weighted by atomic mass is 35.5. The lowest BCUT2D eigenvalue weighted by atomic mass is 10.2. The van der Waals surface area contributed by atoms with Crippen LogP contribution in [0.25, 0.3) is 6.08 Å². The molecule has 7 nitrogen and oxygen atoms in total. The van der Waals surface area contributed by atoms with Crippen LogP contribution in [0.3, 0.4) is 0 Å². The Kier molecular flexibility index (Phi) is 6.91. The van der Waals surface area contributed by atoms with E-state index in [0.717, 1.165) is 4.90 Å². The molecule has 1 heterocycles. The number of carbonyl (C=O) groups is 3. The predicted molar refractivity (Wildman–Crippen MR) is 117 cm³/mol. The Hall–Kier alpha value is -2.68. The number of halogens is 2. The van der Waals surface area contributed by atoms with Crippen molar-refractivity contribution in [2.45, 2.75) is 6.92 Å². The molecule has 30 heavy (non-hydrogen) atoms. The van der Waals surface area contributed by atoms with E-state index in [9.17, 15) is 19.5 Å². The summed E-state index contributed by atoms with van der Waals surface area (Å²) >= 11 is 12.5. The Morgan fingerprint density at radius 2 is 1.93 bits per heavy atom. The Morgan fingerprint density at radius 1 is 1.23 bits per heavy atom. The number of phenolic OH excluding ortho intramolecular Hbond substituents is 1. The predicted octanol–water partition coefficient (Wildman–Crippen LogP) is 4.77. The first-order valence-electron chi connectivity index (χ1n) is 8.74. The van der Waals surface area contributed by atoms with E-state index >= 15 is 0 Å². The maximum Gasteiger partial charge on any atom is 0.294 e. The molecule has 1 fully saturated rings. The molecule has 2 aromatic rings. The van der Waals surface area contributed by atoms with Gasteiger partial charge in [0.05, 0.1) is 16.5 Å². The van der Waals surface area contributed by atoms with Crippen LogP contribution < -0.4 is 10.1 Å². The lowest BCUT2D eigenvalue weighted by Gasteiger charge is -2.12. The summed E-state index contributed by atoms with van der Waals surface area (Å²) in [5, 5.41) is 12.5. The maximum absolute atomic E-state index is 12.6. The third-order valence-corrected chi connectivity index (χ3v) is 5.40. The van der Waals surface area contributed by atoms with Gasteiger partial charge >= 0.3 is 0 Å². The van der Waals surface area contributed by atoms with E-state index in [1.54, 1.807) is 31.2 Å². The van der Waals surface area contributed by atoms with Gasteiger partial charge in [-0.2, -0.15) is 0 Å². The fourth-order valence-corrected chi connectivity index (χ4v) is 3.79. The molecule has 3 amide bonds. The SMILES string of the molecule is CCOc1cc(/C=C2\SC(=O)N(CC(=O)Nc3ccc(Cl)cc3)C2=O)cc(Cl)c1O. The minimum atomic E-state index is -0.599. The monoisotopic (exact) mass is 466 g/mol. The van der Waals surface area contributed by atoms with Crippen LogP contribution in [0.5, 0.6) is 11.5 Å². The largest absolute Gasteiger partial charge is 0.503 e. The van der Waals surface area contributed by atoms with E-state index in [1.165, 1.54) is 18.2 Å².